The van der Waals surface area contributed by atoms with Crippen LogP contribution in [0.2, 0.25) is 0 Å². The van der Waals surface area contributed by atoms with Gasteiger partial charge in [0.1, 0.15) is 17.1 Å². The molecule has 0 radical (unpaired) electrons. The SMILES string of the molecule is CCOC(=O)C1Oc2c(c(=O)oc3ccccc23)C1c1ccccc1OC. The van der Waals surface area contributed by atoms with Gasteiger partial charge < -0.3 is 18.6 Å². The Balaban J connectivity index is 1.98. The number of carbonyl (C=O) groups is 1. The smallest absolute Gasteiger partial charge is 0.348 e. The van der Waals surface area contributed by atoms with Crippen LogP contribution < -0.4 is 15.1 Å². The second kappa shape index (κ2) is 6.79. The molecule has 0 bridgehead atoms. The van der Waals surface area contributed by atoms with Gasteiger partial charge in [-0.3, -0.25) is 0 Å². The summed E-state index contributed by atoms with van der Waals surface area (Å²) in [5.41, 5.74) is 0.839. The molecule has 1 aliphatic heterocycles. The van der Waals surface area contributed by atoms with Crippen molar-refractivity contribution in [1.29, 1.82) is 0 Å². The monoisotopic (exact) mass is 366 g/mol. The van der Waals surface area contributed by atoms with Crippen molar-refractivity contribution in [2.75, 3.05) is 13.7 Å². The molecule has 6 heteroatoms. The van der Waals surface area contributed by atoms with E-state index in [1.54, 1.807) is 31.2 Å². The number of hydrogen-bond donors (Lipinski definition) is 0. The van der Waals surface area contributed by atoms with Crippen LogP contribution in [0.25, 0.3) is 11.0 Å². The molecule has 2 heterocycles. The largest absolute Gasteiger partial charge is 0.496 e. The summed E-state index contributed by atoms with van der Waals surface area (Å²) < 4.78 is 22.1. The highest BCUT2D eigenvalue weighted by molar-refractivity contribution is 5.88. The van der Waals surface area contributed by atoms with Gasteiger partial charge in [0.2, 0.25) is 6.10 Å². The van der Waals surface area contributed by atoms with E-state index >= 15 is 0 Å². The third-order valence-electron chi connectivity index (χ3n) is 4.65. The zero-order chi connectivity index (χ0) is 19.0. The minimum atomic E-state index is -0.995. The van der Waals surface area contributed by atoms with E-state index in [4.69, 9.17) is 18.6 Å². The predicted octanol–water partition coefficient (Wildman–Crippen LogP) is 3.26. The molecule has 0 spiro atoms. The van der Waals surface area contributed by atoms with Crippen molar-refractivity contribution < 1.29 is 23.4 Å². The van der Waals surface area contributed by atoms with Crippen molar-refractivity contribution in [3.05, 3.63) is 70.1 Å². The van der Waals surface area contributed by atoms with Crippen molar-refractivity contribution in [3.8, 4) is 11.5 Å². The second-order valence-corrected chi connectivity index (χ2v) is 6.14. The van der Waals surface area contributed by atoms with Gasteiger partial charge in [0.15, 0.2) is 0 Å². The van der Waals surface area contributed by atoms with Gasteiger partial charge in [0.05, 0.1) is 30.6 Å². The lowest BCUT2D eigenvalue weighted by Crippen LogP contribution is -2.32. The summed E-state index contributed by atoms with van der Waals surface area (Å²) in [6, 6.07) is 14.3. The van der Waals surface area contributed by atoms with Crippen LogP contribution in [0.1, 0.15) is 24.0 Å². The summed E-state index contributed by atoms with van der Waals surface area (Å²) in [6.07, 6.45) is -0.995. The molecule has 1 aromatic heterocycles. The minimum Gasteiger partial charge on any atom is -0.496 e. The van der Waals surface area contributed by atoms with E-state index in [0.29, 0.717) is 33.6 Å². The molecule has 2 unspecified atom stereocenters. The van der Waals surface area contributed by atoms with Crippen molar-refractivity contribution in [2.45, 2.75) is 18.9 Å². The molecule has 0 fully saturated rings. The van der Waals surface area contributed by atoms with Gasteiger partial charge >= 0.3 is 11.6 Å². The fraction of sp³-hybridized carbons (Fsp3) is 0.238. The zero-order valence-electron chi connectivity index (χ0n) is 14.9. The summed E-state index contributed by atoms with van der Waals surface area (Å²) in [4.78, 5) is 25.4. The van der Waals surface area contributed by atoms with Crippen LogP contribution in [-0.2, 0) is 9.53 Å². The third kappa shape index (κ3) is 2.73. The molecule has 0 amide bonds. The quantitative estimate of drug-likeness (QED) is 0.521. The first-order valence-corrected chi connectivity index (χ1v) is 8.67. The van der Waals surface area contributed by atoms with Crippen LogP contribution in [-0.4, -0.2) is 25.8 Å². The lowest BCUT2D eigenvalue weighted by atomic mass is 9.88. The van der Waals surface area contributed by atoms with Gasteiger partial charge in [-0.15, -0.1) is 0 Å². The van der Waals surface area contributed by atoms with Crippen LogP contribution in [0.15, 0.2) is 57.7 Å². The topological polar surface area (TPSA) is 75.0 Å². The molecular weight excluding hydrogens is 348 g/mol. The van der Waals surface area contributed by atoms with E-state index < -0.39 is 23.6 Å². The lowest BCUT2D eigenvalue weighted by molar-refractivity contribution is -0.151. The number of fused-ring (bicyclic) bond motifs is 3. The Kier molecular flexibility index (Phi) is 4.32. The first-order chi connectivity index (χ1) is 13.2. The number of carbonyl (C=O) groups excluding carboxylic acids is 1. The normalized spacial score (nSPS) is 18.0. The number of hydrogen-bond acceptors (Lipinski definition) is 6. The molecule has 4 rings (SSSR count). The first-order valence-electron chi connectivity index (χ1n) is 8.67. The summed E-state index contributed by atoms with van der Waals surface area (Å²) in [5.74, 6) is -0.305. The molecule has 3 aromatic rings. The Bertz CT molecular complexity index is 1070. The van der Waals surface area contributed by atoms with Crippen molar-refractivity contribution in [3.63, 3.8) is 0 Å². The summed E-state index contributed by atoms with van der Waals surface area (Å²) in [5, 5.41) is 0.638. The fourth-order valence-corrected chi connectivity index (χ4v) is 3.53. The average Bonchev–Trinajstić information content (AvgIpc) is 3.09. The van der Waals surface area contributed by atoms with Gasteiger partial charge in [0.25, 0.3) is 0 Å². The molecule has 6 nitrogen and oxygen atoms in total. The highest BCUT2D eigenvalue weighted by Gasteiger charge is 2.46. The van der Waals surface area contributed by atoms with Crippen LogP contribution in [0.5, 0.6) is 11.5 Å². The van der Waals surface area contributed by atoms with Gasteiger partial charge in [-0.2, -0.15) is 0 Å². The third-order valence-corrected chi connectivity index (χ3v) is 4.65. The number of methoxy groups -OCH3 is 1. The Labute approximate surface area is 155 Å². The van der Waals surface area contributed by atoms with Crippen molar-refractivity contribution in [2.24, 2.45) is 0 Å². The fourth-order valence-electron chi connectivity index (χ4n) is 3.53. The number of para-hydroxylation sites is 2. The highest BCUT2D eigenvalue weighted by atomic mass is 16.6. The number of esters is 1. The Morgan fingerprint density at radius 3 is 2.63 bits per heavy atom. The molecular formula is C21H18O6. The van der Waals surface area contributed by atoms with E-state index in [0.717, 1.165) is 0 Å². The Hall–Kier alpha value is -3.28. The molecule has 0 saturated heterocycles. The van der Waals surface area contributed by atoms with E-state index in [1.165, 1.54) is 7.11 Å². The summed E-state index contributed by atoms with van der Waals surface area (Å²) in [6.45, 7) is 1.94. The van der Waals surface area contributed by atoms with Gasteiger partial charge in [0, 0.05) is 5.56 Å². The van der Waals surface area contributed by atoms with E-state index in [2.05, 4.69) is 0 Å². The standard InChI is InChI=1S/C21H18O6/c1-3-25-21(23)19-16(12-8-4-6-10-14(12)24-2)17-18(27-19)13-9-5-7-11-15(13)26-20(17)22/h4-11,16,19H,3H2,1-2H3. The molecule has 0 N–H and O–H groups in total. The maximum absolute atomic E-state index is 12.8. The van der Waals surface area contributed by atoms with Crippen molar-refractivity contribution in [1.82, 2.24) is 0 Å². The summed E-state index contributed by atoms with van der Waals surface area (Å²) in [7, 11) is 1.54. The number of ether oxygens (including phenoxy) is 3. The lowest BCUT2D eigenvalue weighted by Gasteiger charge is -2.19. The molecule has 2 aromatic carbocycles. The molecule has 2 atom stereocenters. The van der Waals surface area contributed by atoms with Crippen LogP contribution in [0.3, 0.4) is 0 Å². The molecule has 138 valence electrons. The molecule has 0 aliphatic carbocycles. The molecule has 0 saturated carbocycles. The number of rotatable bonds is 4. The minimum absolute atomic E-state index is 0.211. The maximum Gasteiger partial charge on any atom is 0.348 e. The Morgan fingerprint density at radius 1 is 1.11 bits per heavy atom. The van der Waals surface area contributed by atoms with E-state index in [1.807, 2.05) is 24.3 Å². The summed E-state index contributed by atoms with van der Waals surface area (Å²) >= 11 is 0. The van der Waals surface area contributed by atoms with Gasteiger partial charge in [-0.25, -0.2) is 9.59 Å². The Morgan fingerprint density at radius 2 is 1.85 bits per heavy atom. The number of benzene rings is 2. The van der Waals surface area contributed by atoms with Crippen LogP contribution in [0, 0.1) is 0 Å². The predicted molar refractivity (Wildman–Crippen MR) is 98.4 cm³/mol. The van der Waals surface area contributed by atoms with Crippen molar-refractivity contribution >= 4 is 16.9 Å². The van der Waals surface area contributed by atoms with E-state index in [-0.39, 0.29) is 6.61 Å². The highest BCUT2D eigenvalue weighted by Crippen LogP contribution is 2.46. The van der Waals surface area contributed by atoms with Crippen LogP contribution in [0.4, 0.5) is 0 Å². The van der Waals surface area contributed by atoms with E-state index in [9.17, 15) is 9.59 Å². The average molecular weight is 366 g/mol. The molecule has 1 aliphatic rings. The van der Waals surface area contributed by atoms with Gasteiger partial charge in [-0.05, 0) is 25.1 Å². The van der Waals surface area contributed by atoms with Gasteiger partial charge in [-0.1, -0.05) is 30.3 Å². The maximum atomic E-state index is 12.8. The second-order valence-electron chi connectivity index (χ2n) is 6.14. The zero-order valence-corrected chi connectivity index (χ0v) is 14.9. The molecule has 27 heavy (non-hydrogen) atoms. The van der Waals surface area contributed by atoms with Crippen LogP contribution >= 0.6 is 0 Å². The first kappa shape index (κ1) is 17.1.